The molecule has 0 aliphatic rings. The monoisotopic (exact) mass is 277 g/mol. The Balaban J connectivity index is 4.44. The molecule has 0 heterocycles. The standard InChI is InChI=1S/C11H23N3O3S/c1-5-11(3,9(12)14-16)10(15)13-7-6-8(2)18(4)17/h8,16H,5-7H2,1-4H3,(H2,12,14)(H,13,15). The maximum Gasteiger partial charge on any atom is 0.233 e. The van der Waals surface area contributed by atoms with E-state index >= 15 is 0 Å². The van der Waals surface area contributed by atoms with E-state index in [-0.39, 0.29) is 17.0 Å². The molecule has 0 aliphatic heterocycles. The van der Waals surface area contributed by atoms with Crippen LogP contribution >= 0.6 is 0 Å². The molecule has 0 radical (unpaired) electrons. The Morgan fingerprint density at radius 2 is 2.17 bits per heavy atom. The topological polar surface area (TPSA) is 105 Å². The lowest BCUT2D eigenvalue weighted by molar-refractivity contribution is -0.127. The third-order valence-corrected chi connectivity index (χ3v) is 4.65. The minimum atomic E-state index is -1.01. The zero-order valence-electron chi connectivity index (χ0n) is 11.4. The van der Waals surface area contributed by atoms with Gasteiger partial charge in [0.1, 0.15) is 5.41 Å². The summed E-state index contributed by atoms with van der Waals surface area (Å²) in [6, 6.07) is 0. The van der Waals surface area contributed by atoms with Crippen LogP contribution in [0.1, 0.15) is 33.6 Å². The number of hydrogen-bond donors (Lipinski definition) is 3. The van der Waals surface area contributed by atoms with E-state index in [2.05, 4.69) is 10.5 Å². The van der Waals surface area contributed by atoms with Crippen molar-refractivity contribution in [2.24, 2.45) is 16.3 Å². The van der Waals surface area contributed by atoms with Crippen LogP contribution in [0.4, 0.5) is 0 Å². The van der Waals surface area contributed by atoms with Gasteiger partial charge < -0.3 is 16.3 Å². The van der Waals surface area contributed by atoms with Crippen molar-refractivity contribution in [2.45, 2.75) is 38.9 Å². The van der Waals surface area contributed by atoms with E-state index in [9.17, 15) is 9.00 Å². The van der Waals surface area contributed by atoms with Crippen LogP contribution < -0.4 is 11.1 Å². The first-order valence-electron chi connectivity index (χ1n) is 5.88. The highest BCUT2D eigenvalue weighted by atomic mass is 32.2. The molecule has 0 saturated carbocycles. The molecular formula is C11H23N3O3S. The molecule has 106 valence electrons. The predicted octanol–water partition coefficient (Wildman–Crippen LogP) is 0.422. The summed E-state index contributed by atoms with van der Waals surface area (Å²) in [4.78, 5) is 12.0. The molecule has 0 aliphatic carbocycles. The van der Waals surface area contributed by atoms with Crippen LogP contribution in [0.2, 0.25) is 0 Å². The van der Waals surface area contributed by atoms with Gasteiger partial charge in [0, 0.05) is 28.9 Å². The molecule has 0 aromatic heterocycles. The van der Waals surface area contributed by atoms with E-state index in [4.69, 9.17) is 10.9 Å². The van der Waals surface area contributed by atoms with Gasteiger partial charge in [0.25, 0.3) is 0 Å². The number of amidine groups is 1. The zero-order chi connectivity index (χ0) is 14.3. The fraction of sp³-hybridized carbons (Fsp3) is 0.818. The first-order valence-corrected chi connectivity index (χ1v) is 7.50. The number of hydrogen-bond acceptors (Lipinski definition) is 4. The molecular weight excluding hydrogens is 254 g/mol. The van der Waals surface area contributed by atoms with E-state index in [0.717, 1.165) is 0 Å². The maximum absolute atomic E-state index is 12.0. The first-order chi connectivity index (χ1) is 8.29. The molecule has 3 unspecified atom stereocenters. The summed E-state index contributed by atoms with van der Waals surface area (Å²) < 4.78 is 11.2. The average molecular weight is 277 g/mol. The van der Waals surface area contributed by atoms with Gasteiger partial charge in [-0.1, -0.05) is 19.0 Å². The third kappa shape index (κ3) is 4.29. The highest BCUT2D eigenvalue weighted by Gasteiger charge is 2.36. The number of nitrogens with zero attached hydrogens (tertiary/aromatic N) is 1. The lowest BCUT2D eigenvalue weighted by atomic mass is 9.85. The van der Waals surface area contributed by atoms with Gasteiger partial charge in [-0.15, -0.1) is 0 Å². The molecule has 0 bridgehead atoms. The van der Waals surface area contributed by atoms with Crippen LogP contribution in [0, 0.1) is 5.41 Å². The molecule has 4 N–H and O–H groups in total. The van der Waals surface area contributed by atoms with E-state index < -0.39 is 16.2 Å². The van der Waals surface area contributed by atoms with Crippen LogP contribution in [0.15, 0.2) is 5.16 Å². The minimum Gasteiger partial charge on any atom is -0.409 e. The second kappa shape index (κ2) is 7.35. The summed E-state index contributed by atoms with van der Waals surface area (Å²) in [6.45, 7) is 5.71. The van der Waals surface area contributed by atoms with Crippen LogP contribution in [0.3, 0.4) is 0 Å². The lowest BCUT2D eigenvalue weighted by Crippen LogP contribution is -2.48. The van der Waals surface area contributed by atoms with E-state index in [1.165, 1.54) is 0 Å². The van der Waals surface area contributed by atoms with Crippen LogP contribution in [0.5, 0.6) is 0 Å². The van der Waals surface area contributed by atoms with Crippen LogP contribution in [-0.2, 0) is 15.6 Å². The van der Waals surface area contributed by atoms with E-state index in [1.54, 1.807) is 20.1 Å². The third-order valence-electron chi connectivity index (χ3n) is 3.28. The number of nitrogens with one attached hydrogen (secondary N) is 1. The van der Waals surface area contributed by atoms with Crippen molar-refractivity contribution in [2.75, 3.05) is 12.8 Å². The molecule has 6 nitrogen and oxygen atoms in total. The molecule has 0 aromatic carbocycles. The molecule has 3 atom stereocenters. The fourth-order valence-electron chi connectivity index (χ4n) is 1.32. The quantitative estimate of drug-likeness (QED) is 0.271. The summed E-state index contributed by atoms with van der Waals surface area (Å²) in [7, 11) is -0.898. The Hall–Kier alpha value is -1.11. The minimum absolute atomic E-state index is 0.0297. The van der Waals surface area contributed by atoms with Crippen molar-refractivity contribution in [1.29, 1.82) is 0 Å². The number of carbonyl (C=O) groups excluding carboxylic acids is 1. The van der Waals surface area contributed by atoms with Crippen molar-refractivity contribution in [1.82, 2.24) is 5.32 Å². The number of rotatable bonds is 7. The van der Waals surface area contributed by atoms with Gasteiger partial charge in [0.15, 0.2) is 5.84 Å². The smallest absolute Gasteiger partial charge is 0.233 e. The van der Waals surface area contributed by atoms with E-state index in [0.29, 0.717) is 19.4 Å². The lowest BCUT2D eigenvalue weighted by Gasteiger charge is -2.25. The molecule has 18 heavy (non-hydrogen) atoms. The number of amides is 1. The Morgan fingerprint density at radius 1 is 1.61 bits per heavy atom. The fourth-order valence-corrected chi connectivity index (χ4v) is 1.77. The molecule has 0 fully saturated rings. The Kier molecular flexibility index (Phi) is 6.90. The summed E-state index contributed by atoms with van der Waals surface area (Å²) in [5.41, 5.74) is 4.52. The van der Waals surface area contributed by atoms with Gasteiger partial charge in [-0.25, -0.2) is 0 Å². The van der Waals surface area contributed by atoms with Crippen LogP contribution in [-0.4, -0.2) is 39.2 Å². The predicted molar refractivity (Wildman–Crippen MR) is 73.0 cm³/mol. The zero-order valence-corrected chi connectivity index (χ0v) is 12.2. The largest absolute Gasteiger partial charge is 0.409 e. The number of nitrogens with two attached hydrogens (primary N) is 1. The SMILES string of the molecule is CCC(C)(C(=O)NCCC(C)S(C)=O)C(N)=NO. The summed E-state index contributed by atoms with van der Waals surface area (Å²) in [6.07, 6.45) is 2.70. The molecule has 7 heteroatoms. The maximum atomic E-state index is 12.0. The van der Waals surface area contributed by atoms with Crippen molar-refractivity contribution < 1.29 is 14.2 Å². The second-order valence-electron chi connectivity index (χ2n) is 4.52. The Morgan fingerprint density at radius 3 is 2.56 bits per heavy atom. The Labute approximate surface area is 110 Å². The molecule has 0 spiro atoms. The van der Waals surface area contributed by atoms with Crippen molar-refractivity contribution in [3.05, 3.63) is 0 Å². The highest BCUT2D eigenvalue weighted by Crippen LogP contribution is 2.21. The molecule has 1 amide bonds. The molecule has 0 saturated heterocycles. The van der Waals surface area contributed by atoms with Gasteiger partial charge in [-0.05, 0) is 19.8 Å². The first kappa shape index (κ1) is 16.9. The van der Waals surface area contributed by atoms with Gasteiger partial charge in [0.2, 0.25) is 5.91 Å². The second-order valence-corrected chi connectivity index (χ2v) is 6.33. The highest BCUT2D eigenvalue weighted by molar-refractivity contribution is 7.84. The normalized spacial score (nSPS) is 18.8. The summed E-state index contributed by atoms with van der Waals surface area (Å²) in [5.74, 6) is -0.385. The van der Waals surface area contributed by atoms with Gasteiger partial charge in [-0.2, -0.15) is 0 Å². The molecule has 0 aromatic rings. The number of oxime groups is 1. The van der Waals surface area contributed by atoms with Gasteiger partial charge >= 0.3 is 0 Å². The van der Waals surface area contributed by atoms with Gasteiger partial charge in [-0.3, -0.25) is 9.00 Å². The van der Waals surface area contributed by atoms with E-state index in [1.807, 2.05) is 6.92 Å². The Bertz CT molecular complexity index is 346. The van der Waals surface area contributed by atoms with Crippen molar-refractivity contribution in [3.63, 3.8) is 0 Å². The molecule has 0 rings (SSSR count). The summed E-state index contributed by atoms with van der Waals surface area (Å²) in [5, 5.41) is 14.3. The van der Waals surface area contributed by atoms with Crippen molar-refractivity contribution in [3.8, 4) is 0 Å². The average Bonchev–Trinajstić information content (AvgIpc) is 2.35. The van der Waals surface area contributed by atoms with Gasteiger partial charge in [0.05, 0.1) is 0 Å². The summed E-state index contributed by atoms with van der Waals surface area (Å²) >= 11 is 0. The number of carbonyl (C=O) groups is 1. The van der Waals surface area contributed by atoms with Crippen molar-refractivity contribution >= 4 is 22.5 Å². The van der Waals surface area contributed by atoms with Crippen LogP contribution in [0.25, 0.3) is 0 Å².